The van der Waals surface area contributed by atoms with Gasteiger partial charge in [0.1, 0.15) is 0 Å². The van der Waals surface area contributed by atoms with Crippen molar-refractivity contribution in [1.82, 2.24) is 10.6 Å². The molecule has 0 aromatic carbocycles. The first kappa shape index (κ1) is 13.7. The molecule has 0 aromatic heterocycles. The predicted octanol–water partition coefficient (Wildman–Crippen LogP) is 2.69. The van der Waals surface area contributed by atoms with Gasteiger partial charge in [0.25, 0.3) is 0 Å². The quantitative estimate of drug-likeness (QED) is 0.668. The van der Waals surface area contributed by atoms with E-state index in [-0.39, 0.29) is 0 Å². The van der Waals surface area contributed by atoms with Crippen molar-refractivity contribution in [3.05, 3.63) is 0 Å². The summed E-state index contributed by atoms with van der Waals surface area (Å²) >= 11 is 5.19. The van der Waals surface area contributed by atoms with Crippen LogP contribution in [0, 0.1) is 5.92 Å². The Morgan fingerprint density at radius 3 is 2.21 bits per heavy atom. The summed E-state index contributed by atoms with van der Waals surface area (Å²) in [5.41, 5.74) is 0. The van der Waals surface area contributed by atoms with Crippen LogP contribution in [0.25, 0.3) is 0 Å². The lowest BCUT2D eigenvalue weighted by molar-refractivity contribution is 0.390. The van der Waals surface area contributed by atoms with Crippen molar-refractivity contribution in [1.29, 1.82) is 0 Å². The molecule has 2 N–H and O–H groups in total. The molecule has 1 unspecified atom stereocenters. The second-order valence-corrected chi connectivity index (χ2v) is 4.17. The molecule has 0 amide bonds. The highest BCUT2D eigenvalue weighted by Gasteiger charge is 2.13. The molecule has 0 aliphatic rings. The smallest absolute Gasteiger partial charge is 0.166 e. The molecule has 0 aliphatic carbocycles. The van der Waals surface area contributed by atoms with Gasteiger partial charge >= 0.3 is 0 Å². The van der Waals surface area contributed by atoms with E-state index in [0.717, 1.165) is 24.0 Å². The van der Waals surface area contributed by atoms with Gasteiger partial charge in [0, 0.05) is 12.6 Å². The zero-order valence-electron chi connectivity index (χ0n) is 9.89. The van der Waals surface area contributed by atoms with Crippen LogP contribution in [0.15, 0.2) is 0 Å². The Labute approximate surface area is 93.8 Å². The molecule has 0 saturated heterocycles. The number of thiocarbonyl (C=S) groups is 1. The molecule has 0 aliphatic heterocycles. The lowest BCUT2D eigenvalue weighted by Crippen LogP contribution is -2.43. The molecule has 14 heavy (non-hydrogen) atoms. The SMILES string of the molecule is CCCNC(=S)NC(C)C(CC)CC. The minimum atomic E-state index is 0.474. The van der Waals surface area contributed by atoms with Gasteiger partial charge in [0.2, 0.25) is 0 Å². The van der Waals surface area contributed by atoms with Crippen molar-refractivity contribution in [2.45, 2.75) is 53.0 Å². The third-order valence-electron chi connectivity index (χ3n) is 2.65. The van der Waals surface area contributed by atoms with Gasteiger partial charge in [-0.25, -0.2) is 0 Å². The van der Waals surface area contributed by atoms with E-state index in [1.54, 1.807) is 0 Å². The molecule has 0 radical (unpaired) electrons. The molecule has 3 heteroatoms. The van der Waals surface area contributed by atoms with E-state index >= 15 is 0 Å². The number of rotatable bonds is 6. The minimum absolute atomic E-state index is 0.474. The largest absolute Gasteiger partial charge is 0.363 e. The summed E-state index contributed by atoms with van der Waals surface area (Å²) < 4.78 is 0. The predicted molar refractivity (Wildman–Crippen MR) is 67.6 cm³/mol. The minimum Gasteiger partial charge on any atom is -0.363 e. The van der Waals surface area contributed by atoms with E-state index in [2.05, 4.69) is 38.3 Å². The molecule has 0 aromatic rings. The van der Waals surface area contributed by atoms with Crippen LogP contribution in [0.5, 0.6) is 0 Å². The van der Waals surface area contributed by atoms with Gasteiger partial charge in [-0.1, -0.05) is 33.6 Å². The maximum atomic E-state index is 5.19. The summed E-state index contributed by atoms with van der Waals surface area (Å²) in [5.74, 6) is 0.719. The Hall–Kier alpha value is -0.310. The summed E-state index contributed by atoms with van der Waals surface area (Å²) in [6, 6.07) is 0.474. The van der Waals surface area contributed by atoms with Crippen LogP contribution in [-0.2, 0) is 0 Å². The van der Waals surface area contributed by atoms with Crippen LogP contribution in [0.4, 0.5) is 0 Å². The van der Waals surface area contributed by atoms with Crippen molar-refractivity contribution >= 4 is 17.3 Å². The molecule has 0 spiro atoms. The Kier molecular flexibility index (Phi) is 7.86. The molecule has 0 bridgehead atoms. The highest BCUT2D eigenvalue weighted by molar-refractivity contribution is 7.80. The van der Waals surface area contributed by atoms with Crippen molar-refractivity contribution in [2.24, 2.45) is 5.92 Å². The Bertz CT molecular complexity index is 155. The normalized spacial score (nSPS) is 12.6. The van der Waals surface area contributed by atoms with Gasteiger partial charge in [0.05, 0.1) is 0 Å². The van der Waals surface area contributed by atoms with Gasteiger partial charge in [0.15, 0.2) is 5.11 Å². The molecular weight excluding hydrogens is 192 g/mol. The Balaban J connectivity index is 3.79. The fourth-order valence-electron chi connectivity index (χ4n) is 1.61. The molecule has 1 atom stereocenters. The van der Waals surface area contributed by atoms with Crippen molar-refractivity contribution in [3.63, 3.8) is 0 Å². The fraction of sp³-hybridized carbons (Fsp3) is 0.909. The fourth-order valence-corrected chi connectivity index (χ4v) is 1.90. The Morgan fingerprint density at radius 2 is 1.79 bits per heavy atom. The molecule has 0 saturated carbocycles. The van der Waals surface area contributed by atoms with Crippen LogP contribution >= 0.6 is 12.2 Å². The average Bonchev–Trinajstić information content (AvgIpc) is 2.16. The second kappa shape index (κ2) is 8.04. The summed E-state index contributed by atoms with van der Waals surface area (Å²) in [5, 5.41) is 7.32. The summed E-state index contributed by atoms with van der Waals surface area (Å²) in [4.78, 5) is 0. The molecule has 0 heterocycles. The highest BCUT2D eigenvalue weighted by atomic mass is 32.1. The number of nitrogens with one attached hydrogen (secondary N) is 2. The molecule has 0 rings (SSSR count). The van der Waals surface area contributed by atoms with Crippen LogP contribution in [0.1, 0.15) is 47.0 Å². The van der Waals surface area contributed by atoms with Gasteiger partial charge in [-0.3, -0.25) is 0 Å². The lowest BCUT2D eigenvalue weighted by atomic mass is 9.96. The number of hydrogen-bond acceptors (Lipinski definition) is 1. The van der Waals surface area contributed by atoms with Crippen molar-refractivity contribution in [2.75, 3.05) is 6.54 Å². The zero-order valence-corrected chi connectivity index (χ0v) is 10.7. The van der Waals surface area contributed by atoms with E-state index in [1.807, 2.05) is 0 Å². The maximum absolute atomic E-state index is 5.19. The van der Waals surface area contributed by atoms with Crippen LogP contribution in [-0.4, -0.2) is 17.7 Å². The average molecular weight is 216 g/mol. The summed E-state index contributed by atoms with van der Waals surface area (Å²) in [6.07, 6.45) is 3.53. The monoisotopic (exact) mass is 216 g/mol. The van der Waals surface area contributed by atoms with E-state index in [4.69, 9.17) is 12.2 Å². The van der Waals surface area contributed by atoms with Gasteiger partial charge in [-0.2, -0.15) is 0 Å². The maximum Gasteiger partial charge on any atom is 0.166 e. The van der Waals surface area contributed by atoms with Gasteiger partial charge in [-0.05, 0) is 31.5 Å². The third kappa shape index (κ3) is 5.43. The van der Waals surface area contributed by atoms with E-state index < -0.39 is 0 Å². The zero-order chi connectivity index (χ0) is 11.0. The summed E-state index contributed by atoms with van der Waals surface area (Å²) in [6.45, 7) is 9.77. The summed E-state index contributed by atoms with van der Waals surface area (Å²) in [7, 11) is 0. The molecule has 0 fully saturated rings. The first-order chi connectivity index (χ1) is 6.65. The first-order valence-electron chi connectivity index (χ1n) is 5.69. The third-order valence-corrected chi connectivity index (χ3v) is 2.91. The van der Waals surface area contributed by atoms with Crippen molar-refractivity contribution < 1.29 is 0 Å². The van der Waals surface area contributed by atoms with Gasteiger partial charge < -0.3 is 10.6 Å². The topological polar surface area (TPSA) is 24.1 Å². The van der Waals surface area contributed by atoms with E-state index in [0.29, 0.717) is 6.04 Å². The standard InChI is InChI=1S/C11H24N2S/c1-5-8-12-11(14)13-9(4)10(6-2)7-3/h9-10H,5-8H2,1-4H3,(H2,12,13,14). The van der Waals surface area contributed by atoms with Crippen LogP contribution in [0.2, 0.25) is 0 Å². The van der Waals surface area contributed by atoms with Crippen LogP contribution < -0.4 is 10.6 Å². The lowest BCUT2D eigenvalue weighted by Gasteiger charge is -2.24. The van der Waals surface area contributed by atoms with Gasteiger partial charge in [-0.15, -0.1) is 0 Å². The molecule has 84 valence electrons. The first-order valence-corrected chi connectivity index (χ1v) is 6.10. The van der Waals surface area contributed by atoms with Crippen molar-refractivity contribution in [3.8, 4) is 0 Å². The molecular formula is C11H24N2S. The van der Waals surface area contributed by atoms with E-state index in [1.165, 1.54) is 12.8 Å². The van der Waals surface area contributed by atoms with E-state index in [9.17, 15) is 0 Å². The van der Waals surface area contributed by atoms with Crippen LogP contribution in [0.3, 0.4) is 0 Å². The molecule has 2 nitrogen and oxygen atoms in total. The Morgan fingerprint density at radius 1 is 1.21 bits per heavy atom. The number of hydrogen-bond donors (Lipinski definition) is 2. The highest BCUT2D eigenvalue weighted by Crippen LogP contribution is 2.12. The second-order valence-electron chi connectivity index (χ2n) is 3.77.